The standard InChI is InChI=1S/C9H8N2.C5H7NO/c1-7-8-4-2-3-5-9(8)11-6-10-7;1-3-4-5(7)6-2/h2-6H,1H3;1-2H3,(H,6,7). The largest absolute Gasteiger partial charge is 0.348 e. The summed E-state index contributed by atoms with van der Waals surface area (Å²) in [6.07, 6.45) is 1.59. The minimum absolute atomic E-state index is 0.234. The van der Waals surface area contributed by atoms with Crippen LogP contribution in [0.2, 0.25) is 0 Å². The summed E-state index contributed by atoms with van der Waals surface area (Å²) >= 11 is 0. The molecule has 92 valence electrons. The molecule has 0 unspecified atom stereocenters. The fourth-order valence-corrected chi connectivity index (χ4v) is 1.32. The monoisotopic (exact) mass is 241 g/mol. The van der Waals surface area contributed by atoms with Gasteiger partial charge in [0, 0.05) is 18.1 Å². The number of rotatable bonds is 0. The van der Waals surface area contributed by atoms with Crippen LogP contribution in [0.5, 0.6) is 0 Å². The van der Waals surface area contributed by atoms with E-state index in [2.05, 4.69) is 27.1 Å². The van der Waals surface area contributed by atoms with Crippen LogP contribution in [0.25, 0.3) is 10.9 Å². The maximum atomic E-state index is 10.1. The van der Waals surface area contributed by atoms with Gasteiger partial charge in [-0.25, -0.2) is 9.97 Å². The number of carbonyl (C=O) groups excluding carboxylic acids is 1. The van der Waals surface area contributed by atoms with Crippen molar-refractivity contribution in [3.63, 3.8) is 0 Å². The van der Waals surface area contributed by atoms with E-state index in [4.69, 9.17) is 0 Å². The second-order valence-electron chi connectivity index (χ2n) is 3.43. The minimum atomic E-state index is -0.234. The predicted molar refractivity (Wildman–Crippen MR) is 71.8 cm³/mol. The van der Waals surface area contributed by atoms with Crippen LogP contribution in [0.15, 0.2) is 30.6 Å². The first-order valence-corrected chi connectivity index (χ1v) is 5.50. The summed E-state index contributed by atoms with van der Waals surface area (Å²) in [7, 11) is 1.55. The van der Waals surface area contributed by atoms with E-state index >= 15 is 0 Å². The third kappa shape index (κ3) is 3.87. The Bertz CT molecular complexity index is 591. The van der Waals surface area contributed by atoms with Gasteiger partial charge in [-0.15, -0.1) is 0 Å². The molecule has 1 aromatic heterocycles. The van der Waals surface area contributed by atoms with Gasteiger partial charge in [0.05, 0.1) is 5.52 Å². The molecule has 0 bridgehead atoms. The van der Waals surface area contributed by atoms with Gasteiger partial charge >= 0.3 is 0 Å². The normalized spacial score (nSPS) is 8.61. The predicted octanol–water partition coefficient (Wildman–Crippen LogP) is 1.69. The van der Waals surface area contributed by atoms with Gasteiger partial charge in [-0.2, -0.15) is 0 Å². The third-order valence-electron chi connectivity index (χ3n) is 2.21. The molecule has 0 fully saturated rings. The number of para-hydroxylation sites is 1. The van der Waals surface area contributed by atoms with E-state index in [1.54, 1.807) is 20.3 Å². The topological polar surface area (TPSA) is 54.9 Å². The number of hydrogen-bond acceptors (Lipinski definition) is 3. The van der Waals surface area contributed by atoms with Gasteiger partial charge in [-0.05, 0) is 25.8 Å². The summed E-state index contributed by atoms with van der Waals surface area (Å²) in [5, 5.41) is 3.49. The van der Waals surface area contributed by atoms with Crippen molar-refractivity contribution in [3.05, 3.63) is 36.3 Å². The Morgan fingerprint density at radius 3 is 2.56 bits per heavy atom. The maximum absolute atomic E-state index is 10.1. The zero-order chi connectivity index (χ0) is 13.4. The van der Waals surface area contributed by atoms with Crippen LogP contribution in [0.4, 0.5) is 0 Å². The van der Waals surface area contributed by atoms with Crippen molar-refractivity contribution in [2.45, 2.75) is 13.8 Å². The van der Waals surface area contributed by atoms with Crippen molar-refractivity contribution in [2.24, 2.45) is 0 Å². The molecule has 0 saturated heterocycles. The van der Waals surface area contributed by atoms with Crippen LogP contribution in [0.3, 0.4) is 0 Å². The van der Waals surface area contributed by atoms with Crippen LogP contribution in [-0.2, 0) is 4.79 Å². The van der Waals surface area contributed by atoms with E-state index in [9.17, 15) is 4.79 Å². The highest BCUT2D eigenvalue weighted by Crippen LogP contribution is 2.11. The molecule has 0 saturated carbocycles. The van der Waals surface area contributed by atoms with E-state index in [0.29, 0.717) is 0 Å². The van der Waals surface area contributed by atoms with E-state index in [1.165, 1.54) is 0 Å². The molecule has 18 heavy (non-hydrogen) atoms. The number of benzene rings is 1. The molecular formula is C14H15N3O. The molecule has 4 nitrogen and oxygen atoms in total. The van der Waals surface area contributed by atoms with Crippen LogP contribution in [0.1, 0.15) is 12.6 Å². The second kappa shape index (κ2) is 7.02. The first-order valence-electron chi connectivity index (χ1n) is 5.50. The van der Waals surface area contributed by atoms with Gasteiger partial charge < -0.3 is 5.32 Å². The molecule has 0 aliphatic heterocycles. The summed E-state index contributed by atoms with van der Waals surface area (Å²) in [5.41, 5.74) is 2.05. The van der Waals surface area contributed by atoms with Gasteiger partial charge in [-0.1, -0.05) is 24.1 Å². The van der Waals surface area contributed by atoms with Crippen molar-refractivity contribution in [1.29, 1.82) is 0 Å². The zero-order valence-electron chi connectivity index (χ0n) is 10.7. The Kier molecular flexibility index (Phi) is 5.33. The lowest BCUT2D eigenvalue weighted by atomic mass is 10.2. The number of fused-ring (bicyclic) bond motifs is 1. The first kappa shape index (κ1) is 13.7. The van der Waals surface area contributed by atoms with Gasteiger partial charge in [-0.3, -0.25) is 4.79 Å². The van der Waals surface area contributed by atoms with Crippen molar-refractivity contribution in [1.82, 2.24) is 15.3 Å². The Morgan fingerprint density at radius 1 is 1.28 bits per heavy atom. The molecule has 1 heterocycles. The van der Waals surface area contributed by atoms with Gasteiger partial charge in [0.15, 0.2) is 0 Å². The number of nitrogens with one attached hydrogen (secondary N) is 1. The quantitative estimate of drug-likeness (QED) is 0.714. The Labute approximate surface area is 106 Å². The average molecular weight is 241 g/mol. The van der Waals surface area contributed by atoms with Crippen LogP contribution in [-0.4, -0.2) is 22.9 Å². The number of aromatic nitrogens is 2. The second-order valence-corrected chi connectivity index (χ2v) is 3.43. The molecule has 2 aromatic rings. The summed E-state index contributed by atoms with van der Waals surface area (Å²) in [5.74, 6) is 4.52. The smallest absolute Gasteiger partial charge is 0.295 e. The van der Waals surface area contributed by atoms with Crippen LogP contribution < -0.4 is 5.32 Å². The van der Waals surface area contributed by atoms with Crippen LogP contribution in [0, 0.1) is 18.8 Å². The van der Waals surface area contributed by atoms with E-state index in [-0.39, 0.29) is 5.91 Å². The van der Waals surface area contributed by atoms with E-state index in [0.717, 1.165) is 16.6 Å². The minimum Gasteiger partial charge on any atom is -0.348 e. The first-order chi connectivity index (χ1) is 8.69. The molecular weight excluding hydrogens is 226 g/mol. The molecule has 1 aromatic carbocycles. The molecule has 0 aliphatic rings. The molecule has 1 amide bonds. The summed E-state index contributed by atoms with van der Waals surface area (Å²) in [6.45, 7) is 3.61. The van der Waals surface area contributed by atoms with E-state index in [1.807, 2.05) is 31.2 Å². The third-order valence-corrected chi connectivity index (χ3v) is 2.21. The maximum Gasteiger partial charge on any atom is 0.295 e. The van der Waals surface area contributed by atoms with Crippen LogP contribution >= 0.6 is 0 Å². The number of nitrogens with zero attached hydrogens (tertiary/aromatic N) is 2. The van der Waals surface area contributed by atoms with E-state index < -0.39 is 0 Å². The Hall–Kier alpha value is -2.41. The number of amides is 1. The molecule has 1 N–H and O–H groups in total. The Morgan fingerprint density at radius 2 is 2.00 bits per heavy atom. The van der Waals surface area contributed by atoms with Crippen molar-refractivity contribution >= 4 is 16.8 Å². The molecule has 0 radical (unpaired) electrons. The SMILES string of the molecule is CC#CC(=O)NC.Cc1ncnc2ccccc12. The van der Waals surface area contributed by atoms with Gasteiger partial charge in [0.1, 0.15) is 6.33 Å². The van der Waals surface area contributed by atoms with Gasteiger partial charge in [0.25, 0.3) is 5.91 Å². The Balaban J connectivity index is 0.000000203. The summed E-state index contributed by atoms with van der Waals surface area (Å²) in [4.78, 5) is 18.4. The average Bonchev–Trinajstić information content (AvgIpc) is 2.40. The number of hydrogen-bond donors (Lipinski definition) is 1. The highest BCUT2D eigenvalue weighted by Gasteiger charge is 1.94. The summed E-state index contributed by atoms with van der Waals surface area (Å²) in [6, 6.07) is 8.00. The molecule has 0 atom stereocenters. The highest BCUT2D eigenvalue weighted by atomic mass is 16.1. The van der Waals surface area contributed by atoms with Crippen molar-refractivity contribution < 1.29 is 4.79 Å². The lowest BCUT2D eigenvalue weighted by molar-refractivity contribution is -0.115. The van der Waals surface area contributed by atoms with Crippen molar-refractivity contribution in [2.75, 3.05) is 7.05 Å². The van der Waals surface area contributed by atoms with Crippen molar-refractivity contribution in [3.8, 4) is 11.8 Å². The summed E-state index contributed by atoms with van der Waals surface area (Å²) < 4.78 is 0. The molecule has 4 heteroatoms. The number of aryl methyl sites for hydroxylation is 1. The molecule has 2 rings (SSSR count). The molecule has 0 aliphatic carbocycles. The lowest BCUT2D eigenvalue weighted by Crippen LogP contribution is -2.14. The zero-order valence-corrected chi connectivity index (χ0v) is 10.7. The highest BCUT2D eigenvalue weighted by molar-refractivity contribution is 5.93. The lowest BCUT2D eigenvalue weighted by Gasteiger charge is -1.96. The fraction of sp³-hybridized carbons (Fsp3) is 0.214. The fourth-order valence-electron chi connectivity index (χ4n) is 1.32. The molecule has 0 spiro atoms. The van der Waals surface area contributed by atoms with Gasteiger partial charge in [0.2, 0.25) is 0 Å². The number of carbonyl (C=O) groups is 1.